The molecule has 21 nitrogen and oxygen atoms in total. The van der Waals surface area contributed by atoms with Crippen LogP contribution in [0.25, 0.3) is 0 Å². The van der Waals surface area contributed by atoms with E-state index >= 15 is 0 Å². The minimum atomic E-state index is -1.02. The number of hydrogen-bond donors (Lipinski definition) is 0. The highest BCUT2D eigenvalue weighted by molar-refractivity contribution is 5.66. The Bertz CT molecular complexity index is 3360. The van der Waals surface area contributed by atoms with Crippen LogP contribution in [0.15, 0.2) is 152 Å². The van der Waals surface area contributed by atoms with Crippen molar-refractivity contribution in [2.75, 3.05) is 26.4 Å². The Morgan fingerprint density at radius 3 is 1.54 bits per heavy atom. The lowest BCUT2D eigenvalue weighted by Crippen LogP contribution is -2.65. The Labute approximate surface area is 594 Å². The van der Waals surface area contributed by atoms with Crippen molar-refractivity contribution in [2.45, 2.75) is 256 Å². The lowest BCUT2D eigenvalue weighted by Gasteiger charge is -2.52. The van der Waals surface area contributed by atoms with Crippen LogP contribution >= 0.6 is 0 Å². The summed E-state index contributed by atoms with van der Waals surface area (Å²) in [5.41, 5.74) is 3.94. The van der Waals surface area contributed by atoms with E-state index in [1.54, 1.807) is 0 Å². The summed E-state index contributed by atoms with van der Waals surface area (Å²) < 4.78 is 138. The number of carbonyl (C=O) groups is 1. The molecular formula is C80H104O21. The zero-order valence-corrected chi connectivity index (χ0v) is 60.3. The van der Waals surface area contributed by atoms with Crippen LogP contribution in [-0.4, -0.2) is 173 Å². The molecule has 8 aliphatic heterocycles. The third-order valence-electron chi connectivity index (χ3n) is 21.2. The highest BCUT2D eigenvalue weighted by atomic mass is 16.8. The van der Waals surface area contributed by atoms with Crippen LogP contribution in [0, 0.1) is 29.6 Å². The van der Waals surface area contributed by atoms with Gasteiger partial charge >= 0.3 is 5.97 Å². The van der Waals surface area contributed by atoms with Gasteiger partial charge in [0.25, 0.3) is 0 Å². The molecule has 13 rings (SSSR count). The second-order valence-electron chi connectivity index (χ2n) is 29.4. The Balaban J connectivity index is 0.809. The van der Waals surface area contributed by atoms with Gasteiger partial charge < -0.3 is 94.7 Å². The first kappa shape index (κ1) is 74.1. The topological polar surface area (TPSA) is 202 Å². The van der Waals surface area contributed by atoms with E-state index in [2.05, 4.69) is 27.7 Å². The summed E-state index contributed by atoms with van der Waals surface area (Å²) in [5.74, 6) is -3.05. The first-order chi connectivity index (χ1) is 48.8. The van der Waals surface area contributed by atoms with Crippen LogP contribution in [-0.2, 0) is 126 Å². The highest BCUT2D eigenvalue weighted by Gasteiger charge is 2.62. The molecule has 0 spiro atoms. The average Bonchev–Trinajstić information content (AvgIpc) is 1.75. The molecule has 0 aromatic heterocycles. The lowest BCUT2D eigenvalue weighted by molar-refractivity contribution is -0.384. The summed E-state index contributed by atoms with van der Waals surface area (Å²) in [6, 6.07) is 50.1. The molecule has 8 saturated heterocycles. The molecule has 0 bridgehead atoms. The second-order valence-corrected chi connectivity index (χ2v) is 29.4. The summed E-state index contributed by atoms with van der Waals surface area (Å²) in [7, 11) is 0. The van der Waals surface area contributed by atoms with Crippen LogP contribution in [0.2, 0.25) is 0 Å². The van der Waals surface area contributed by atoms with Gasteiger partial charge in [0, 0.05) is 42.1 Å². The van der Waals surface area contributed by atoms with Crippen LogP contribution in [0.3, 0.4) is 0 Å². The number of hydrogen-bond acceptors (Lipinski definition) is 21. The fourth-order valence-corrected chi connectivity index (χ4v) is 15.6. The van der Waals surface area contributed by atoms with Crippen molar-refractivity contribution in [1.29, 1.82) is 0 Å². The molecule has 0 aliphatic carbocycles. The molecule has 10 unspecified atom stereocenters. The van der Waals surface area contributed by atoms with E-state index < -0.39 is 158 Å². The Kier molecular flexibility index (Phi) is 24.3. The van der Waals surface area contributed by atoms with Crippen molar-refractivity contribution in [3.05, 3.63) is 179 Å². The van der Waals surface area contributed by atoms with Gasteiger partial charge in [-0.15, -0.1) is 0 Å². The maximum Gasteiger partial charge on any atom is 0.303 e. The van der Waals surface area contributed by atoms with Gasteiger partial charge in [0.15, 0.2) is 49.6 Å². The number of benzene rings is 5. The molecule has 8 aliphatic rings. The number of esters is 1. The van der Waals surface area contributed by atoms with Crippen molar-refractivity contribution in [2.24, 2.45) is 29.6 Å². The first-order valence-corrected chi connectivity index (χ1v) is 36.4. The first-order valence-electron chi connectivity index (χ1n) is 36.4. The molecule has 5 aromatic carbocycles. The van der Waals surface area contributed by atoms with E-state index in [-0.39, 0.29) is 43.9 Å². The molecule has 8 heterocycles. The van der Waals surface area contributed by atoms with Crippen molar-refractivity contribution in [3.63, 3.8) is 0 Å². The van der Waals surface area contributed by atoms with Crippen molar-refractivity contribution in [3.8, 4) is 0 Å². The standard InChI is InChI=1S/C80H104O21/c1-46-38-86-73(48(3)62(46)93-78-72-80(45-87-78,44-83-40-57-30-20-14-21-31-57)101-76(98-72)60-36-26-17-27-37-60)95-66-54(9)90-74(96-68-53(8)88-52(7)67(91-55(10)81)70(68)97-77-71-65(47(2)51(6)89-77)99-79(11,12)100-71)50(5)64(66)94-75-49(4)63(84-41-58-32-22-15-23-33-58)69(85-42-59-34-24-16-25-35-59)61(92-75)43-82-39-56-28-18-13-19-29-56/h13-37,46-54,61-78H,38-45H2,1-12H3/t46-,47+,48-,49-,50+,51?,52?,53+,54?,61?,62?,63?,64?,65?,66+,67+,68+,69-,70?,71+,72-,73+,74+,75+,76+,77+,78+,80?/m1/s1. The Hall–Kier alpha value is -5.19. The van der Waals surface area contributed by atoms with Crippen LogP contribution in [0.1, 0.15) is 117 Å². The third kappa shape index (κ3) is 17.2. The minimum Gasteiger partial charge on any atom is -0.457 e. The maximum atomic E-state index is 13.2. The fourth-order valence-electron chi connectivity index (χ4n) is 15.6. The summed E-state index contributed by atoms with van der Waals surface area (Å²) in [6.07, 6.45) is -16.0. The van der Waals surface area contributed by atoms with Gasteiger partial charge in [0.05, 0.1) is 102 Å². The Morgan fingerprint density at radius 1 is 0.426 bits per heavy atom. The molecule has 21 heteroatoms. The van der Waals surface area contributed by atoms with Crippen LogP contribution in [0.4, 0.5) is 0 Å². The predicted molar refractivity (Wildman–Crippen MR) is 366 cm³/mol. The van der Waals surface area contributed by atoms with Crippen molar-refractivity contribution in [1.82, 2.24) is 0 Å². The van der Waals surface area contributed by atoms with Crippen LogP contribution < -0.4 is 0 Å². The maximum absolute atomic E-state index is 13.2. The van der Waals surface area contributed by atoms with Gasteiger partial charge in [-0.25, -0.2) is 0 Å². The fraction of sp³-hybridized carbons (Fsp3) is 0.613. The second kappa shape index (κ2) is 33.1. The van der Waals surface area contributed by atoms with E-state index in [0.29, 0.717) is 33.0 Å². The quantitative estimate of drug-likeness (QED) is 0.0473. The van der Waals surface area contributed by atoms with Crippen molar-refractivity contribution >= 4 is 5.97 Å². The summed E-state index contributed by atoms with van der Waals surface area (Å²) in [4.78, 5) is 13.2. The number of fused-ring (bicyclic) bond motifs is 2. The number of ether oxygens (including phenoxy) is 20. The SMILES string of the molecule is CC(=O)O[C@H]1C(C)O[C@@H](C)[C@H](O[C@@H]2OC(C)[C@H](O[C@@H]3OC[C@@H](C)C(O[C@@H]4OCC5(COCc6ccccc6)O[C@@H](c6ccccc6)O[C@H]45)[C@H]3C)C(O[C@@H]3OC(COCc4ccccc4)[C@@H](OCc4ccccc4)C(OCc4ccccc4)[C@H]3C)[C@@H]2C)C1O[C@@H]1OC(C)[C@H](C)C2OC(C)(C)O[C@@H]21. The monoisotopic (exact) mass is 1400 g/mol. The largest absolute Gasteiger partial charge is 0.457 e. The third-order valence-corrected chi connectivity index (χ3v) is 21.2. The number of carbonyl (C=O) groups excluding carboxylic acids is 1. The van der Waals surface area contributed by atoms with Gasteiger partial charge in [-0.1, -0.05) is 186 Å². The molecule has 101 heavy (non-hydrogen) atoms. The molecule has 0 radical (unpaired) electrons. The van der Waals surface area contributed by atoms with Gasteiger partial charge in [0.2, 0.25) is 0 Å². The normalized spacial score (nSPS) is 39.9. The lowest BCUT2D eigenvalue weighted by atomic mass is 9.88. The Morgan fingerprint density at radius 2 is 0.911 bits per heavy atom. The zero-order chi connectivity index (χ0) is 70.5. The van der Waals surface area contributed by atoms with E-state index in [4.69, 9.17) is 94.7 Å². The summed E-state index contributed by atoms with van der Waals surface area (Å²) >= 11 is 0. The van der Waals surface area contributed by atoms with E-state index in [0.717, 1.165) is 27.8 Å². The molecule has 0 N–H and O–H groups in total. The average molecular weight is 1400 g/mol. The molecule has 550 valence electrons. The molecule has 8 fully saturated rings. The van der Waals surface area contributed by atoms with Gasteiger partial charge in [-0.05, 0) is 63.8 Å². The van der Waals surface area contributed by atoms with Gasteiger partial charge in [0.1, 0.15) is 48.3 Å². The van der Waals surface area contributed by atoms with Gasteiger partial charge in [-0.3, -0.25) is 4.79 Å². The molecule has 0 saturated carbocycles. The van der Waals surface area contributed by atoms with E-state index in [9.17, 15) is 4.79 Å². The predicted octanol–water partition coefficient (Wildman–Crippen LogP) is 11.7. The minimum absolute atomic E-state index is 0.0201. The van der Waals surface area contributed by atoms with Crippen molar-refractivity contribution < 1.29 is 99.5 Å². The highest BCUT2D eigenvalue weighted by Crippen LogP contribution is 2.49. The molecule has 0 amide bonds. The zero-order valence-electron chi connectivity index (χ0n) is 60.3. The van der Waals surface area contributed by atoms with E-state index in [1.165, 1.54) is 6.92 Å². The smallest absolute Gasteiger partial charge is 0.303 e. The summed E-state index contributed by atoms with van der Waals surface area (Å²) in [5, 5.41) is 0. The molecule has 5 aromatic rings. The number of rotatable bonds is 26. The van der Waals surface area contributed by atoms with Crippen LogP contribution in [0.5, 0.6) is 0 Å². The van der Waals surface area contributed by atoms with Gasteiger partial charge in [-0.2, -0.15) is 0 Å². The molecular weight excluding hydrogens is 1300 g/mol. The van der Waals surface area contributed by atoms with E-state index in [1.807, 2.05) is 200 Å². The summed E-state index contributed by atoms with van der Waals surface area (Å²) in [6.45, 7) is 25.3. The molecule has 28 atom stereocenters.